The van der Waals surface area contributed by atoms with Gasteiger partial charge in [0.15, 0.2) is 0 Å². The van der Waals surface area contributed by atoms with Crippen LogP contribution < -0.4 is 5.32 Å². The highest BCUT2D eigenvalue weighted by Crippen LogP contribution is 2.19. The number of aryl methyl sites for hydroxylation is 1. The number of rotatable bonds is 7. The molecule has 5 nitrogen and oxygen atoms in total. The Balaban J connectivity index is 1.69. The van der Waals surface area contributed by atoms with Crippen LogP contribution in [0.25, 0.3) is 0 Å². The van der Waals surface area contributed by atoms with E-state index in [1.807, 2.05) is 61.1 Å². The predicted octanol–water partition coefficient (Wildman–Crippen LogP) is 4.79. The molecule has 0 aliphatic rings. The lowest BCUT2D eigenvalue weighted by atomic mass is 10.1. The molecule has 1 amide bonds. The highest BCUT2D eigenvalue weighted by Gasteiger charge is 2.12. The number of benzene rings is 2. The first-order chi connectivity index (χ1) is 13.8. The summed E-state index contributed by atoms with van der Waals surface area (Å²) < 4.78 is 2.04. The number of anilines is 1. The highest BCUT2D eigenvalue weighted by atomic mass is 35.5. The summed E-state index contributed by atoms with van der Waals surface area (Å²) in [6.45, 7) is 7.74. The Morgan fingerprint density at radius 1 is 1.14 bits per heavy atom. The zero-order valence-electron chi connectivity index (χ0n) is 17.4. The van der Waals surface area contributed by atoms with E-state index in [-0.39, 0.29) is 5.91 Å². The van der Waals surface area contributed by atoms with E-state index < -0.39 is 0 Å². The SMILES string of the molecule is CC(=O)N(C)Cc1cccc(NCc2c(C)nn(Cc3ccc(Cl)cc3)c2C)c1. The molecule has 0 radical (unpaired) electrons. The second-order valence-corrected chi connectivity index (χ2v) is 7.80. The molecule has 1 heterocycles. The van der Waals surface area contributed by atoms with E-state index in [4.69, 9.17) is 16.7 Å². The number of carbonyl (C=O) groups is 1. The van der Waals surface area contributed by atoms with Crippen LogP contribution >= 0.6 is 11.6 Å². The van der Waals surface area contributed by atoms with Crippen molar-refractivity contribution < 1.29 is 4.79 Å². The molecule has 0 fully saturated rings. The van der Waals surface area contributed by atoms with Gasteiger partial charge in [-0.15, -0.1) is 0 Å². The number of hydrogen-bond donors (Lipinski definition) is 1. The lowest BCUT2D eigenvalue weighted by molar-refractivity contribution is -0.128. The molecular formula is C23H27ClN4O. The maximum atomic E-state index is 11.5. The molecule has 0 aliphatic carbocycles. The summed E-state index contributed by atoms with van der Waals surface area (Å²) in [6.07, 6.45) is 0. The summed E-state index contributed by atoms with van der Waals surface area (Å²) in [5.41, 5.74) is 6.67. The fourth-order valence-corrected chi connectivity index (χ4v) is 3.39. The fraction of sp³-hybridized carbons (Fsp3) is 0.304. The summed E-state index contributed by atoms with van der Waals surface area (Å²) in [6, 6.07) is 16.0. The number of hydrogen-bond acceptors (Lipinski definition) is 3. The second kappa shape index (κ2) is 9.14. The van der Waals surface area contributed by atoms with Crippen LogP contribution in [0.5, 0.6) is 0 Å². The third kappa shape index (κ3) is 5.39. The first kappa shape index (κ1) is 20.9. The normalized spacial score (nSPS) is 10.8. The van der Waals surface area contributed by atoms with E-state index in [9.17, 15) is 4.79 Å². The number of amides is 1. The Labute approximate surface area is 177 Å². The van der Waals surface area contributed by atoms with Crippen LogP contribution in [0, 0.1) is 13.8 Å². The third-order valence-electron chi connectivity index (χ3n) is 5.13. The number of nitrogens with one attached hydrogen (secondary N) is 1. The zero-order chi connectivity index (χ0) is 21.0. The topological polar surface area (TPSA) is 50.2 Å². The third-order valence-corrected chi connectivity index (χ3v) is 5.38. The van der Waals surface area contributed by atoms with Gasteiger partial charge in [0.05, 0.1) is 12.2 Å². The first-order valence-corrected chi connectivity index (χ1v) is 10.0. The summed E-state index contributed by atoms with van der Waals surface area (Å²) >= 11 is 5.98. The minimum Gasteiger partial charge on any atom is -0.381 e. The molecule has 0 saturated carbocycles. The van der Waals surface area contributed by atoms with Gasteiger partial charge in [0.1, 0.15) is 0 Å². The van der Waals surface area contributed by atoms with Gasteiger partial charge >= 0.3 is 0 Å². The van der Waals surface area contributed by atoms with Crippen molar-refractivity contribution in [1.82, 2.24) is 14.7 Å². The number of aromatic nitrogens is 2. The number of halogens is 1. The average Bonchev–Trinajstić information content (AvgIpc) is 2.95. The van der Waals surface area contributed by atoms with Gasteiger partial charge in [-0.1, -0.05) is 35.9 Å². The van der Waals surface area contributed by atoms with E-state index in [2.05, 4.69) is 18.3 Å². The Morgan fingerprint density at radius 3 is 2.55 bits per heavy atom. The summed E-state index contributed by atoms with van der Waals surface area (Å²) in [7, 11) is 1.81. The highest BCUT2D eigenvalue weighted by molar-refractivity contribution is 6.30. The fourth-order valence-electron chi connectivity index (χ4n) is 3.26. The molecular weight excluding hydrogens is 384 g/mol. The molecule has 2 aromatic carbocycles. The second-order valence-electron chi connectivity index (χ2n) is 7.36. The van der Waals surface area contributed by atoms with Crippen LogP contribution in [-0.4, -0.2) is 27.6 Å². The minimum absolute atomic E-state index is 0.0581. The first-order valence-electron chi connectivity index (χ1n) is 9.65. The Kier molecular flexibility index (Phi) is 6.60. The van der Waals surface area contributed by atoms with Crippen molar-refractivity contribution in [3.8, 4) is 0 Å². The minimum atomic E-state index is 0.0581. The zero-order valence-corrected chi connectivity index (χ0v) is 18.1. The molecule has 0 bridgehead atoms. The molecule has 1 N–H and O–H groups in total. The Bertz CT molecular complexity index is 995. The Hall–Kier alpha value is -2.79. The van der Waals surface area contributed by atoms with Crippen LogP contribution in [0.15, 0.2) is 48.5 Å². The van der Waals surface area contributed by atoms with Crippen molar-refractivity contribution in [2.75, 3.05) is 12.4 Å². The van der Waals surface area contributed by atoms with E-state index in [1.54, 1.807) is 11.8 Å². The van der Waals surface area contributed by atoms with Gasteiger partial charge in [0.2, 0.25) is 5.91 Å². The average molecular weight is 411 g/mol. The molecule has 0 unspecified atom stereocenters. The maximum Gasteiger partial charge on any atom is 0.219 e. The van der Waals surface area contributed by atoms with Gasteiger partial charge in [-0.25, -0.2) is 0 Å². The van der Waals surface area contributed by atoms with Crippen LogP contribution in [0.3, 0.4) is 0 Å². The quantitative estimate of drug-likeness (QED) is 0.609. The van der Waals surface area contributed by atoms with Gasteiger partial charge in [-0.2, -0.15) is 5.10 Å². The Morgan fingerprint density at radius 2 is 1.86 bits per heavy atom. The van der Waals surface area contributed by atoms with Crippen LogP contribution in [0.2, 0.25) is 5.02 Å². The van der Waals surface area contributed by atoms with Gasteiger partial charge in [0.25, 0.3) is 0 Å². The number of carbonyl (C=O) groups excluding carboxylic acids is 1. The molecule has 3 rings (SSSR count). The van der Waals surface area contributed by atoms with Crippen molar-refractivity contribution in [3.63, 3.8) is 0 Å². The van der Waals surface area contributed by atoms with Crippen molar-refractivity contribution in [1.29, 1.82) is 0 Å². The van der Waals surface area contributed by atoms with Crippen molar-refractivity contribution in [2.24, 2.45) is 0 Å². The van der Waals surface area contributed by atoms with Crippen molar-refractivity contribution in [2.45, 2.75) is 40.4 Å². The smallest absolute Gasteiger partial charge is 0.219 e. The molecule has 152 valence electrons. The molecule has 0 aliphatic heterocycles. The van der Waals surface area contributed by atoms with Gasteiger partial charge in [-0.05, 0) is 49.2 Å². The molecule has 3 aromatic rings. The summed E-state index contributed by atoms with van der Waals surface area (Å²) in [5, 5.41) is 8.95. The molecule has 0 spiro atoms. The van der Waals surface area contributed by atoms with E-state index in [0.29, 0.717) is 13.1 Å². The lowest BCUT2D eigenvalue weighted by Crippen LogP contribution is -2.23. The van der Waals surface area contributed by atoms with E-state index in [1.165, 1.54) is 11.1 Å². The van der Waals surface area contributed by atoms with Crippen LogP contribution in [-0.2, 0) is 24.4 Å². The van der Waals surface area contributed by atoms with E-state index in [0.717, 1.165) is 34.2 Å². The summed E-state index contributed by atoms with van der Waals surface area (Å²) in [4.78, 5) is 13.2. The largest absolute Gasteiger partial charge is 0.381 e. The molecule has 29 heavy (non-hydrogen) atoms. The van der Waals surface area contributed by atoms with Crippen LogP contribution in [0.4, 0.5) is 5.69 Å². The molecule has 0 atom stereocenters. The summed E-state index contributed by atoms with van der Waals surface area (Å²) in [5.74, 6) is 0.0581. The standard InChI is InChI=1S/C23H27ClN4O/c1-16-23(17(2)28(26-16)15-19-8-10-21(24)11-9-19)13-25-22-7-5-6-20(12-22)14-27(4)18(3)29/h5-12,25H,13-15H2,1-4H3. The number of nitrogens with zero attached hydrogens (tertiary/aromatic N) is 3. The van der Waals surface area contributed by atoms with Gasteiger partial charge in [-0.3, -0.25) is 9.48 Å². The molecule has 1 aromatic heterocycles. The monoisotopic (exact) mass is 410 g/mol. The molecule has 6 heteroatoms. The van der Waals surface area contributed by atoms with Crippen LogP contribution in [0.1, 0.15) is 35.0 Å². The predicted molar refractivity (Wildman–Crippen MR) is 118 cm³/mol. The van der Waals surface area contributed by atoms with Crippen molar-refractivity contribution >= 4 is 23.2 Å². The van der Waals surface area contributed by atoms with E-state index >= 15 is 0 Å². The van der Waals surface area contributed by atoms with Gasteiger partial charge < -0.3 is 10.2 Å². The van der Waals surface area contributed by atoms with Crippen molar-refractivity contribution in [3.05, 3.63) is 81.6 Å². The lowest BCUT2D eigenvalue weighted by Gasteiger charge is -2.16. The van der Waals surface area contributed by atoms with Gasteiger partial charge in [0, 0.05) is 49.0 Å². The maximum absolute atomic E-state index is 11.5. The molecule has 0 saturated heterocycles.